The van der Waals surface area contributed by atoms with Crippen molar-refractivity contribution in [3.8, 4) is 5.75 Å². The van der Waals surface area contributed by atoms with Crippen LogP contribution in [0.15, 0.2) is 30.3 Å². The van der Waals surface area contributed by atoms with Crippen molar-refractivity contribution in [2.75, 3.05) is 26.7 Å². The van der Waals surface area contributed by atoms with E-state index in [4.69, 9.17) is 4.74 Å². The third-order valence-corrected chi connectivity index (χ3v) is 3.75. The Labute approximate surface area is 121 Å². The van der Waals surface area contributed by atoms with Gasteiger partial charge in [0, 0.05) is 13.5 Å². The van der Waals surface area contributed by atoms with Crippen LogP contribution in [0.4, 0.5) is 0 Å². The first-order valence-electron chi connectivity index (χ1n) is 7.40. The summed E-state index contributed by atoms with van der Waals surface area (Å²) in [7, 11) is 1.83. The van der Waals surface area contributed by atoms with Crippen molar-refractivity contribution in [1.29, 1.82) is 0 Å². The first kappa shape index (κ1) is 14.9. The lowest BCUT2D eigenvalue weighted by atomic mass is 10.3. The maximum atomic E-state index is 12.3. The molecule has 0 spiro atoms. The fourth-order valence-electron chi connectivity index (χ4n) is 2.50. The van der Waals surface area contributed by atoms with Gasteiger partial charge < -0.3 is 9.64 Å². The lowest BCUT2D eigenvalue weighted by Crippen LogP contribution is -2.45. The zero-order valence-electron chi connectivity index (χ0n) is 12.4. The Kier molecular flexibility index (Phi) is 5.41. The van der Waals surface area contributed by atoms with Gasteiger partial charge >= 0.3 is 0 Å². The molecule has 0 saturated carbocycles. The normalized spacial score (nSPS) is 16.9. The highest BCUT2D eigenvalue weighted by atomic mass is 16.5. The molecule has 1 unspecified atom stereocenters. The van der Waals surface area contributed by atoms with Crippen LogP contribution in [-0.4, -0.2) is 48.6 Å². The van der Waals surface area contributed by atoms with Gasteiger partial charge in [-0.05, 0) is 38.1 Å². The van der Waals surface area contributed by atoms with Crippen molar-refractivity contribution < 1.29 is 9.53 Å². The summed E-state index contributed by atoms with van der Waals surface area (Å²) in [5.74, 6) is 0.940. The average Bonchev–Trinajstić information content (AvgIpc) is 2.98. The van der Waals surface area contributed by atoms with Crippen LogP contribution in [0.5, 0.6) is 5.75 Å². The van der Waals surface area contributed by atoms with Crippen LogP contribution in [0, 0.1) is 0 Å². The SMILES string of the molecule is CCC(Oc1ccccc1)N(C)C(=O)CN1CCCC1. The number of rotatable bonds is 6. The van der Waals surface area contributed by atoms with E-state index in [9.17, 15) is 4.79 Å². The summed E-state index contributed by atoms with van der Waals surface area (Å²) >= 11 is 0. The molecule has 0 N–H and O–H groups in total. The second kappa shape index (κ2) is 7.29. The molecular weight excluding hydrogens is 252 g/mol. The number of para-hydroxylation sites is 1. The fourth-order valence-corrected chi connectivity index (χ4v) is 2.50. The molecule has 0 aliphatic carbocycles. The molecule has 1 heterocycles. The Morgan fingerprint density at radius 1 is 1.30 bits per heavy atom. The summed E-state index contributed by atoms with van der Waals surface area (Å²) in [4.78, 5) is 16.2. The van der Waals surface area contributed by atoms with Gasteiger partial charge in [0.25, 0.3) is 0 Å². The molecule has 20 heavy (non-hydrogen) atoms. The number of benzene rings is 1. The molecule has 1 fully saturated rings. The molecule has 1 amide bonds. The average molecular weight is 276 g/mol. The number of nitrogens with zero attached hydrogens (tertiary/aromatic N) is 2. The second-order valence-corrected chi connectivity index (χ2v) is 5.28. The minimum Gasteiger partial charge on any atom is -0.470 e. The van der Waals surface area contributed by atoms with Crippen molar-refractivity contribution in [2.24, 2.45) is 0 Å². The van der Waals surface area contributed by atoms with Crippen LogP contribution in [0.25, 0.3) is 0 Å². The van der Waals surface area contributed by atoms with Crippen molar-refractivity contribution >= 4 is 5.91 Å². The van der Waals surface area contributed by atoms with E-state index in [1.807, 2.05) is 44.3 Å². The highest BCUT2D eigenvalue weighted by Crippen LogP contribution is 2.15. The maximum absolute atomic E-state index is 12.3. The number of hydrogen-bond acceptors (Lipinski definition) is 3. The maximum Gasteiger partial charge on any atom is 0.239 e. The van der Waals surface area contributed by atoms with Crippen molar-refractivity contribution in [2.45, 2.75) is 32.4 Å². The highest BCUT2D eigenvalue weighted by molar-refractivity contribution is 5.78. The van der Waals surface area contributed by atoms with Crippen molar-refractivity contribution in [1.82, 2.24) is 9.80 Å². The fraction of sp³-hybridized carbons (Fsp3) is 0.562. The van der Waals surface area contributed by atoms with Gasteiger partial charge in [-0.15, -0.1) is 0 Å². The molecule has 0 aromatic heterocycles. The van der Waals surface area contributed by atoms with Crippen LogP contribution in [0.1, 0.15) is 26.2 Å². The van der Waals surface area contributed by atoms with Crippen molar-refractivity contribution in [3.63, 3.8) is 0 Å². The number of hydrogen-bond donors (Lipinski definition) is 0. The predicted molar refractivity (Wildman–Crippen MR) is 79.6 cm³/mol. The summed E-state index contributed by atoms with van der Waals surface area (Å²) in [6.07, 6.45) is 2.98. The number of carbonyl (C=O) groups excluding carboxylic acids is 1. The number of likely N-dealkylation sites (tertiary alicyclic amines) is 1. The topological polar surface area (TPSA) is 32.8 Å². The van der Waals surface area contributed by atoms with Gasteiger partial charge in [-0.2, -0.15) is 0 Å². The third kappa shape index (κ3) is 3.97. The number of carbonyl (C=O) groups is 1. The van der Waals surface area contributed by atoms with Crippen LogP contribution in [0.2, 0.25) is 0 Å². The lowest BCUT2D eigenvalue weighted by Gasteiger charge is -2.29. The zero-order valence-corrected chi connectivity index (χ0v) is 12.4. The Hall–Kier alpha value is -1.55. The summed E-state index contributed by atoms with van der Waals surface area (Å²) in [6, 6.07) is 9.67. The van der Waals surface area contributed by atoms with Crippen LogP contribution in [0.3, 0.4) is 0 Å². The van der Waals surface area contributed by atoms with Gasteiger partial charge in [-0.25, -0.2) is 0 Å². The lowest BCUT2D eigenvalue weighted by molar-refractivity contribution is -0.138. The molecule has 1 aliphatic heterocycles. The van der Waals surface area contributed by atoms with E-state index in [-0.39, 0.29) is 12.1 Å². The monoisotopic (exact) mass is 276 g/mol. The van der Waals surface area contributed by atoms with E-state index < -0.39 is 0 Å². The van der Waals surface area contributed by atoms with Gasteiger partial charge in [0.15, 0.2) is 6.23 Å². The molecule has 110 valence electrons. The Morgan fingerprint density at radius 3 is 2.55 bits per heavy atom. The minimum absolute atomic E-state index is 0.134. The Bertz CT molecular complexity index is 416. The minimum atomic E-state index is -0.201. The molecule has 4 nitrogen and oxygen atoms in total. The largest absolute Gasteiger partial charge is 0.470 e. The molecule has 0 bridgehead atoms. The van der Waals surface area contributed by atoms with Crippen molar-refractivity contribution in [3.05, 3.63) is 30.3 Å². The molecule has 1 atom stereocenters. The van der Waals surface area contributed by atoms with Crippen LogP contribution < -0.4 is 4.74 Å². The Balaban J connectivity index is 1.90. The first-order chi connectivity index (χ1) is 9.70. The van der Waals surface area contributed by atoms with Gasteiger partial charge in [-0.3, -0.25) is 9.69 Å². The number of amides is 1. The molecule has 4 heteroatoms. The van der Waals surface area contributed by atoms with Crippen LogP contribution in [-0.2, 0) is 4.79 Å². The number of likely N-dealkylation sites (N-methyl/N-ethyl adjacent to an activating group) is 1. The second-order valence-electron chi connectivity index (χ2n) is 5.28. The summed E-state index contributed by atoms with van der Waals surface area (Å²) < 4.78 is 5.90. The zero-order chi connectivity index (χ0) is 14.4. The van der Waals surface area contributed by atoms with Gasteiger partial charge in [0.2, 0.25) is 5.91 Å². The van der Waals surface area contributed by atoms with Gasteiger partial charge in [-0.1, -0.05) is 25.1 Å². The van der Waals surface area contributed by atoms with E-state index in [0.29, 0.717) is 6.54 Å². The van der Waals surface area contributed by atoms with E-state index >= 15 is 0 Å². The summed E-state index contributed by atoms with van der Waals surface area (Å²) in [6.45, 7) is 4.62. The predicted octanol–water partition coefficient (Wildman–Crippen LogP) is 2.36. The molecule has 1 saturated heterocycles. The van der Waals surface area contributed by atoms with Gasteiger partial charge in [0.1, 0.15) is 5.75 Å². The molecule has 0 radical (unpaired) electrons. The summed E-state index contributed by atoms with van der Waals surface area (Å²) in [5, 5.41) is 0. The quantitative estimate of drug-likeness (QED) is 0.748. The Morgan fingerprint density at radius 2 is 1.95 bits per heavy atom. The van der Waals surface area contributed by atoms with E-state index in [0.717, 1.165) is 25.3 Å². The van der Waals surface area contributed by atoms with E-state index in [1.54, 1.807) is 4.90 Å². The van der Waals surface area contributed by atoms with Crippen LogP contribution >= 0.6 is 0 Å². The molecule has 2 rings (SSSR count). The highest BCUT2D eigenvalue weighted by Gasteiger charge is 2.23. The number of ether oxygens (including phenoxy) is 1. The third-order valence-electron chi connectivity index (χ3n) is 3.75. The molecule has 1 aromatic carbocycles. The standard InChI is InChI=1S/C16H24N2O2/c1-3-16(20-14-9-5-4-6-10-14)17(2)15(19)13-18-11-7-8-12-18/h4-6,9-10,16H,3,7-8,11-13H2,1-2H3. The van der Waals surface area contributed by atoms with E-state index in [2.05, 4.69) is 4.90 Å². The molecule has 1 aliphatic rings. The van der Waals surface area contributed by atoms with Gasteiger partial charge in [0.05, 0.1) is 6.54 Å². The molecular formula is C16H24N2O2. The summed E-state index contributed by atoms with van der Waals surface area (Å²) in [5.41, 5.74) is 0. The van der Waals surface area contributed by atoms with E-state index in [1.165, 1.54) is 12.8 Å². The smallest absolute Gasteiger partial charge is 0.239 e. The molecule has 1 aromatic rings. The first-order valence-corrected chi connectivity index (χ1v) is 7.40.